The van der Waals surface area contributed by atoms with E-state index in [0.29, 0.717) is 41.0 Å². The van der Waals surface area contributed by atoms with Crippen molar-refractivity contribution in [1.29, 1.82) is 0 Å². The van der Waals surface area contributed by atoms with Crippen LogP contribution >= 0.6 is 11.3 Å². The van der Waals surface area contributed by atoms with Crippen LogP contribution in [0.1, 0.15) is 34.9 Å². The molecule has 180 valence electrons. The van der Waals surface area contributed by atoms with E-state index in [9.17, 15) is 22.7 Å². The van der Waals surface area contributed by atoms with Crippen LogP contribution in [0.15, 0.2) is 39.7 Å². The average molecular weight is 514 g/mol. The summed E-state index contributed by atoms with van der Waals surface area (Å²) in [6, 6.07) is 5.28. The third-order valence-corrected chi connectivity index (χ3v) is 9.11. The van der Waals surface area contributed by atoms with Gasteiger partial charge in [-0.05, 0) is 42.5 Å². The van der Waals surface area contributed by atoms with Gasteiger partial charge in [0.05, 0.1) is 21.6 Å². The number of rotatable bonds is 7. The lowest BCUT2D eigenvalue weighted by molar-refractivity contribution is 0.155. The highest BCUT2D eigenvalue weighted by atomic mass is 32.2. The molecule has 0 saturated heterocycles. The van der Waals surface area contributed by atoms with E-state index < -0.39 is 36.3 Å². The summed E-state index contributed by atoms with van der Waals surface area (Å²) < 4.78 is 40.7. The first-order chi connectivity index (χ1) is 15.4. The number of sulfonamides is 1. The predicted molar refractivity (Wildman–Crippen MR) is 128 cm³/mol. The summed E-state index contributed by atoms with van der Waals surface area (Å²) >= 11 is 1.24. The number of halogens is 1. The first-order valence-corrected chi connectivity index (χ1v) is 16.3. The Labute approximate surface area is 198 Å². The van der Waals surface area contributed by atoms with Crippen LogP contribution in [0, 0.1) is 5.82 Å². The number of nitrogens with one attached hydrogen (secondary N) is 1. The second kappa shape index (κ2) is 10.0. The molecular weight excluding hydrogens is 485 g/mol. The summed E-state index contributed by atoms with van der Waals surface area (Å²) in [6.45, 7) is 5.69. The van der Waals surface area contributed by atoms with Crippen molar-refractivity contribution in [3.63, 3.8) is 0 Å². The van der Waals surface area contributed by atoms with E-state index in [-0.39, 0.29) is 11.4 Å². The molecule has 0 aliphatic heterocycles. The van der Waals surface area contributed by atoms with Crippen molar-refractivity contribution in [3.8, 4) is 0 Å². The molecule has 1 aromatic heterocycles. The molecule has 0 fully saturated rings. The van der Waals surface area contributed by atoms with Crippen LogP contribution in [0.3, 0.4) is 0 Å². The number of aliphatic hydroxyl groups excluding tert-OH is 1. The maximum absolute atomic E-state index is 13.2. The van der Waals surface area contributed by atoms with E-state index in [4.69, 9.17) is 4.84 Å². The first-order valence-electron chi connectivity index (χ1n) is 10.4. The molecule has 2 N–H and O–H groups in total. The Morgan fingerprint density at radius 3 is 2.61 bits per heavy atom. The highest BCUT2D eigenvalue weighted by Gasteiger charge is 2.32. The Bertz CT molecular complexity index is 1140. The summed E-state index contributed by atoms with van der Waals surface area (Å²) in [5, 5.41) is 16.0. The zero-order valence-electron chi connectivity index (χ0n) is 19.0. The number of fused-ring (bicyclic) bond motifs is 1. The quantitative estimate of drug-likeness (QED) is 0.332. The minimum absolute atomic E-state index is 0.162. The molecule has 1 aliphatic carbocycles. The number of thiophene rings is 1. The third-order valence-electron chi connectivity index (χ3n) is 5.05. The van der Waals surface area contributed by atoms with Crippen LogP contribution in [0.4, 0.5) is 9.18 Å². The number of benzene rings is 1. The summed E-state index contributed by atoms with van der Waals surface area (Å²) in [5.41, 5.74) is 1.61. The van der Waals surface area contributed by atoms with Gasteiger partial charge in [0.25, 0.3) is 0 Å². The van der Waals surface area contributed by atoms with Gasteiger partial charge in [-0.25, -0.2) is 17.6 Å². The van der Waals surface area contributed by atoms with Crippen LogP contribution in [-0.4, -0.2) is 51.5 Å². The molecule has 0 radical (unpaired) electrons. The zero-order valence-corrected chi connectivity index (χ0v) is 21.6. The lowest BCUT2D eigenvalue weighted by Crippen LogP contribution is -2.45. The third kappa shape index (κ3) is 6.26. The van der Waals surface area contributed by atoms with E-state index in [0.717, 1.165) is 4.31 Å². The minimum atomic E-state index is -3.89. The molecule has 1 amide bonds. The molecule has 33 heavy (non-hydrogen) atoms. The van der Waals surface area contributed by atoms with Gasteiger partial charge in [-0.1, -0.05) is 36.9 Å². The van der Waals surface area contributed by atoms with E-state index in [1.807, 2.05) is 19.6 Å². The van der Waals surface area contributed by atoms with Crippen molar-refractivity contribution in [1.82, 2.24) is 9.29 Å². The minimum Gasteiger partial charge on any atom is -0.387 e. The van der Waals surface area contributed by atoms with E-state index in [1.165, 1.54) is 42.6 Å². The highest BCUT2D eigenvalue weighted by Crippen LogP contribution is 2.35. The van der Waals surface area contributed by atoms with Crippen molar-refractivity contribution in [2.45, 2.75) is 49.9 Å². The van der Waals surface area contributed by atoms with E-state index in [2.05, 4.69) is 10.1 Å². The van der Waals surface area contributed by atoms with E-state index in [1.54, 1.807) is 5.38 Å². The van der Waals surface area contributed by atoms with Gasteiger partial charge in [0, 0.05) is 19.0 Å². The van der Waals surface area contributed by atoms with Crippen LogP contribution in [-0.2, 0) is 21.3 Å². The SMILES string of the molecule is CN(CC(O)c1ccc(F)cc1)S(=O)(=O)c1csc2c1CCC/C2=N\OC(=O)N[Si](C)(C)C. The molecule has 0 saturated carbocycles. The topological polar surface area (TPSA) is 108 Å². The number of carbonyl (C=O) groups is 1. The number of aliphatic hydroxyl groups is 1. The standard InChI is InChI=1S/C21H28FN3O5S2Si/c1-25(12-18(26)14-8-10-15(22)11-9-14)32(28,29)19-13-31-20-16(19)6-5-7-17(20)23-30-21(27)24-33(2,3)4/h8-11,13,18,26H,5-7,12H2,1-4H3,(H,24,27)/b23-17+. The smallest absolute Gasteiger partial charge is 0.387 e. The fourth-order valence-electron chi connectivity index (χ4n) is 3.42. The van der Waals surface area contributed by atoms with Gasteiger partial charge in [-0.2, -0.15) is 4.31 Å². The largest absolute Gasteiger partial charge is 0.425 e. The second-order valence-electron chi connectivity index (χ2n) is 8.91. The first kappa shape index (κ1) is 25.5. The summed E-state index contributed by atoms with van der Waals surface area (Å²) in [6.07, 6.45) is 0.0863. The highest BCUT2D eigenvalue weighted by molar-refractivity contribution is 7.89. The number of carbonyl (C=O) groups excluding carboxylic acids is 1. The normalized spacial score (nSPS) is 16.5. The fourth-order valence-corrected chi connectivity index (χ4v) is 6.96. The van der Waals surface area contributed by atoms with Gasteiger partial charge in [0.1, 0.15) is 5.82 Å². The monoisotopic (exact) mass is 513 g/mol. The van der Waals surface area contributed by atoms with Gasteiger partial charge in [-0.3, -0.25) is 4.84 Å². The lowest BCUT2D eigenvalue weighted by Gasteiger charge is -2.22. The van der Waals surface area contributed by atoms with Crippen LogP contribution < -0.4 is 4.98 Å². The molecule has 8 nitrogen and oxygen atoms in total. The Morgan fingerprint density at radius 1 is 1.30 bits per heavy atom. The number of likely N-dealkylation sites (N-methyl/N-ethyl adjacent to an activating group) is 1. The Kier molecular flexibility index (Phi) is 7.74. The van der Waals surface area contributed by atoms with Crippen LogP contribution in [0.25, 0.3) is 0 Å². The van der Waals surface area contributed by atoms with Crippen molar-refractivity contribution in [2.75, 3.05) is 13.6 Å². The molecule has 12 heteroatoms. The Morgan fingerprint density at radius 2 is 1.97 bits per heavy atom. The molecule has 0 spiro atoms. The van der Waals surface area contributed by atoms with Gasteiger partial charge < -0.3 is 10.1 Å². The lowest BCUT2D eigenvalue weighted by atomic mass is 9.98. The van der Waals surface area contributed by atoms with Crippen molar-refractivity contribution < 1.29 is 27.5 Å². The predicted octanol–water partition coefficient (Wildman–Crippen LogP) is 3.84. The van der Waals surface area contributed by atoms with Crippen LogP contribution in [0.5, 0.6) is 0 Å². The fraction of sp³-hybridized carbons (Fsp3) is 0.429. The van der Waals surface area contributed by atoms with Crippen molar-refractivity contribution in [2.24, 2.45) is 5.16 Å². The molecule has 0 bridgehead atoms. The number of amides is 1. The molecule has 1 atom stereocenters. The molecule has 1 aromatic carbocycles. The van der Waals surface area contributed by atoms with Gasteiger partial charge in [-0.15, -0.1) is 11.3 Å². The Balaban J connectivity index is 1.78. The summed E-state index contributed by atoms with van der Waals surface area (Å²) in [7, 11) is -4.36. The number of hydrogen-bond donors (Lipinski definition) is 2. The average Bonchev–Trinajstić information content (AvgIpc) is 3.17. The summed E-state index contributed by atoms with van der Waals surface area (Å²) in [4.78, 5) is 20.6. The molecule has 2 aromatic rings. The van der Waals surface area contributed by atoms with Gasteiger partial charge >= 0.3 is 6.09 Å². The maximum Gasteiger partial charge on any atom is 0.425 e. The van der Waals surface area contributed by atoms with Crippen molar-refractivity contribution in [3.05, 3.63) is 51.5 Å². The summed E-state index contributed by atoms with van der Waals surface area (Å²) in [5.74, 6) is -0.434. The molecular formula is C21H28FN3O5S2Si. The van der Waals surface area contributed by atoms with Gasteiger partial charge in [0.2, 0.25) is 10.0 Å². The van der Waals surface area contributed by atoms with Gasteiger partial charge in [0.15, 0.2) is 8.24 Å². The molecule has 1 aliphatic rings. The maximum atomic E-state index is 13.2. The molecule has 1 unspecified atom stereocenters. The van der Waals surface area contributed by atoms with E-state index >= 15 is 0 Å². The molecule has 1 heterocycles. The number of hydrogen-bond acceptors (Lipinski definition) is 7. The number of oxime groups is 1. The van der Waals surface area contributed by atoms with Crippen molar-refractivity contribution >= 4 is 41.4 Å². The van der Waals surface area contributed by atoms with Crippen LogP contribution in [0.2, 0.25) is 19.6 Å². The number of nitrogens with zero attached hydrogens (tertiary/aromatic N) is 2. The zero-order chi connectivity index (χ0) is 24.4. The molecule has 3 rings (SSSR count). The Hall–Kier alpha value is -2.12. The second-order valence-corrected chi connectivity index (χ2v) is 16.5.